The number of hydrogen-bond acceptors (Lipinski definition) is 4. The number of urea groups is 1. The van der Waals surface area contributed by atoms with Gasteiger partial charge < -0.3 is 25.3 Å². The number of carbonyl (C=O) groups excluding carboxylic acids is 3. The number of para-hydroxylation sites is 2. The van der Waals surface area contributed by atoms with Gasteiger partial charge in [0.15, 0.2) is 0 Å². The molecule has 2 fully saturated rings. The molecule has 0 bridgehead atoms. The second-order valence-corrected chi connectivity index (χ2v) is 12.7. The molecule has 1 atom stereocenters. The van der Waals surface area contributed by atoms with E-state index in [-0.39, 0.29) is 42.3 Å². The van der Waals surface area contributed by atoms with Gasteiger partial charge in [0.05, 0.1) is 12.7 Å². The minimum absolute atomic E-state index is 0.0186. The van der Waals surface area contributed by atoms with Gasteiger partial charge in [0, 0.05) is 24.5 Å². The van der Waals surface area contributed by atoms with Crippen molar-refractivity contribution in [2.75, 3.05) is 36.5 Å². The topological polar surface area (TPSA) is 85.0 Å². The second-order valence-electron chi connectivity index (χ2n) is 12.7. The Morgan fingerprint density at radius 1 is 0.795 bits per heavy atom. The zero-order chi connectivity index (χ0) is 31.4. The maximum absolute atomic E-state index is 14.1. The van der Waals surface area contributed by atoms with Gasteiger partial charge in [-0.1, -0.05) is 94.4 Å². The summed E-state index contributed by atoms with van der Waals surface area (Å²) in [4.78, 5) is 46.5. The zero-order valence-corrected chi connectivity index (χ0v) is 26.5. The molecule has 5 rings (SSSR count). The Morgan fingerprint density at radius 2 is 1.36 bits per heavy atom. The molecule has 2 saturated heterocycles. The van der Waals surface area contributed by atoms with Crippen LogP contribution in [0.3, 0.4) is 0 Å². The molecule has 0 aromatic heterocycles. The van der Waals surface area contributed by atoms with Gasteiger partial charge in [-0.25, -0.2) is 4.79 Å². The molecule has 8 nitrogen and oxygen atoms in total. The third-order valence-electron chi connectivity index (χ3n) is 9.08. The Labute approximate surface area is 261 Å². The third-order valence-corrected chi connectivity index (χ3v) is 9.08. The summed E-state index contributed by atoms with van der Waals surface area (Å²) in [6, 6.07) is 25.6. The van der Waals surface area contributed by atoms with Crippen LogP contribution in [0, 0.1) is 0 Å². The number of anilines is 2. The first-order valence-corrected chi connectivity index (χ1v) is 15.8. The van der Waals surface area contributed by atoms with Crippen LogP contribution in [0.5, 0.6) is 0 Å². The normalized spacial score (nSPS) is 17.0. The van der Waals surface area contributed by atoms with Gasteiger partial charge in [-0.15, -0.1) is 0 Å². The molecule has 8 heteroatoms. The first kappa shape index (κ1) is 31.1. The number of nitrogens with one attached hydrogen (secondary N) is 2. The van der Waals surface area contributed by atoms with Crippen LogP contribution < -0.4 is 15.5 Å². The van der Waals surface area contributed by atoms with Gasteiger partial charge in [0.25, 0.3) is 5.91 Å². The van der Waals surface area contributed by atoms with Gasteiger partial charge in [0.1, 0.15) is 12.1 Å². The minimum atomic E-state index is -0.817. The maximum Gasteiger partial charge on any atom is 0.321 e. The Balaban J connectivity index is 1.31. The summed E-state index contributed by atoms with van der Waals surface area (Å²) in [5.74, 6) is 0.281. The highest BCUT2D eigenvalue weighted by molar-refractivity contribution is 5.97. The summed E-state index contributed by atoms with van der Waals surface area (Å²) in [7, 11) is 0. The van der Waals surface area contributed by atoms with Crippen molar-refractivity contribution in [2.24, 2.45) is 0 Å². The van der Waals surface area contributed by atoms with Crippen LogP contribution in [0.1, 0.15) is 82.0 Å². The van der Waals surface area contributed by atoms with E-state index in [1.807, 2.05) is 72.5 Å². The highest BCUT2D eigenvalue weighted by Crippen LogP contribution is 2.40. The molecule has 0 saturated carbocycles. The van der Waals surface area contributed by atoms with E-state index >= 15 is 0 Å². The van der Waals surface area contributed by atoms with Gasteiger partial charge in [-0.2, -0.15) is 0 Å². The van der Waals surface area contributed by atoms with Gasteiger partial charge in [-0.3, -0.25) is 9.59 Å². The number of hydrogen-bond donors (Lipinski definition) is 2. The number of likely N-dealkylation sites (tertiary alicyclic amines) is 1. The fraction of sp³-hybridized carbons (Fsp3) is 0.417. The molecule has 2 N–H and O–H groups in total. The summed E-state index contributed by atoms with van der Waals surface area (Å²) in [5, 5.41) is 6.28. The van der Waals surface area contributed by atoms with Gasteiger partial charge in [-0.05, 0) is 60.4 Å². The van der Waals surface area contributed by atoms with Crippen LogP contribution >= 0.6 is 0 Å². The van der Waals surface area contributed by atoms with E-state index in [4.69, 9.17) is 0 Å². The van der Waals surface area contributed by atoms with Crippen molar-refractivity contribution in [3.8, 4) is 0 Å². The largest absolute Gasteiger partial charge is 0.348 e. The first-order valence-electron chi connectivity index (χ1n) is 15.8. The monoisotopic (exact) mass is 595 g/mol. The van der Waals surface area contributed by atoms with E-state index in [9.17, 15) is 14.4 Å². The standard InChI is InChI=1S/C36H45N5O3/c1-25(2)30-17-12-18-31(26(3)4)33(30)38-35(44)39-21-19-36(20-22-39)34(43)40(24-41(36)29-15-10-7-11-16-29)23-32(42)37-27(5)28-13-8-6-9-14-28/h6-18,25-27H,19-24H2,1-5H3,(H,37,42)(H,38,44). The predicted octanol–water partition coefficient (Wildman–Crippen LogP) is 6.48. The molecular formula is C36H45N5O3. The lowest BCUT2D eigenvalue weighted by molar-refractivity contribution is -0.137. The number of carbonyl (C=O) groups is 3. The minimum Gasteiger partial charge on any atom is -0.348 e. The molecular weight excluding hydrogens is 550 g/mol. The zero-order valence-electron chi connectivity index (χ0n) is 26.5. The van der Waals surface area contributed by atoms with Crippen LogP contribution in [0.25, 0.3) is 0 Å². The molecule has 2 aliphatic rings. The predicted molar refractivity (Wildman–Crippen MR) is 176 cm³/mol. The fourth-order valence-electron chi connectivity index (χ4n) is 6.57. The van der Waals surface area contributed by atoms with Crippen molar-refractivity contribution in [3.05, 3.63) is 95.6 Å². The molecule has 232 valence electrons. The van der Waals surface area contributed by atoms with Crippen molar-refractivity contribution in [1.29, 1.82) is 0 Å². The van der Waals surface area contributed by atoms with E-state index in [0.29, 0.717) is 32.6 Å². The number of amides is 4. The highest BCUT2D eigenvalue weighted by Gasteiger charge is 2.54. The van der Waals surface area contributed by atoms with E-state index in [1.54, 1.807) is 4.90 Å². The molecule has 44 heavy (non-hydrogen) atoms. The summed E-state index contributed by atoms with van der Waals surface area (Å²) >= 11 is 0. The second kappa shape index (κ2) is 13.1. The average molecular weight is 596 g/mol. The van der Waals surface area contributed by atoms with E-state index in [1.165, 1.54) is 0 Å². The van der Waals surface area contributed by atoms with E-state index < -0.39 is 5.54 Å². The summed E-state index contributed by atoms with van der Waals surface area (Å²) < 4.78 is 0. The molecule has 0 aliphatic carbocycles. The first-order chi connectivity index (χ1) is 21.1. The quantitative estimate of drug-likeness (QED) is 0.312. The molecule has 1 unspecified atom stereocenters. The van der Waals surface area contributed by atoms with Crippen molar-refractivity contribution in [3.63, 3.8) is 0 Å². The Hall–Kier alpha value is -4.33. The van der Waals surface area contributed by atoms with E-state index in [2.05, 4.69) is 61.4 Å². The SMILES string of the molecule is CC(C)c1cccc(C(C)C)c1NC(=O)N1CCC2(CC1)C(=O)N(CC(=O)NC(C)c1ccccc1)CN2c1ccccc1. The molecule has 0 radical (unpaired) electrons. The Morgan fingerprint density at radius 3 is 1.93 bits per heavy atom. The molecule has 3 aromatic rings. The van der Waals surface area contributed by atoms with Crippen LogP contribution in [0.15, 0.2) is 78.9 Å². The summed E-state index contributed by atoms with van der Waals surface area (Å²) in [5.41, 5.74) is 4.27. The maximum atomic E-state index is 14.1. The summed E-state index contributed by atoms with van der Waals surface area (Å²) in [6.07, 6.45) is 0.963. The molecule has 2 heterocycles. The lowest BCUT2D eigenvalue weighted by atomic mass is 9.85. The van der Waals surface area contributed by atoms with Crippen molar-refractivity contribution in [1.82, 2.24) is 15.1 Å². The van der Waals surface area contributed by atoms with Crippen LogP contribution in [-0.4, -0.2) is 59.5 Å². The number of benzene rings is 3. The summed E-state index contributed by atoms with van der Waals surface area (Å²) in [6.45, 7) is 11.7. The molecule has 4 amide bonds. The molecule has 1 spiro atoms. The van der Waals surface area contributed by atoms with Crippen molar-refractivity contribution < 1.29 is 14.4 Å². The van der Waals surface area contributed by atoms with Gasteiger partial charge in [0.2, 0.25) is 5.91 Å². The molecule has 2 aliphatic heterocycles. The lowest BCUT2D eigenvalue weighted by Crippen LogP contribution is -2.58. The smallest absolute Gasteiger partial charge is 0.321 e. The Kier molecular flexibility index (Phi) is 9.28. The highest BCUT2D eigenvalue weighted by atomic mass is 16.2. The van der Waals surface area contributed by atoms with Crippen LogP contribution in [0.4, 0.5) is 16.2 Å². The fourth-order valence-corrected chi connectivity index (χ4v) is 6.57. The van der Waals surface area contributed by atoms with Crippen molar-refractivity contribution >= 4 is 29.2 Å². The molecule has 3 aromatic carbocycles. The van der Waals surface area contributed by atoms with E-state index in [0.717, 1.165) is 28.1 Å². The third kappa shape index (κ3) is 6.30. The number of piperidine rings is 1. The Bertz CT molecular complexity index is 1440. The van der Waals surface area contributed by atoms with Crippen molar-refractivity contribution in [2.45, 2.75) is 70.9 Å². The van der Waals surface area contributed by atoms with Gasteiger partial charge >= 0.3 is 6.03 Å². The lowest BCUT2D eigenvalue weighted by Gasteiger charge is -2.43. The average Bonchev–Trinajstić information content (AvgIpc) is 3.28. The number of rotatable bonds is 8. The van der Waals surface area contributed by atoms with Crippen LogP contribution in [0.2, 0.25) is 0 Å². The van der Waals surface area contributed by atoms with Crippen LogP contribution in [-0.2, 0) is 9.59 Å². The number of nitrogens with zero attached hydrogens (tertiary/aromatic N) is 3.